The maximum Gasteiger partial charge on any atom is 0.306 e. The van der Waals surface area contributed by atoms with Crippen molar-refractivity contribution < 1.29 is 19.7 Å². The summed E-state index contributed by atoms with van der Waals surface area (Å²) in [4.78, 5) is 10.8. The predicted molar refractivity (Wildman–Crippen MR) is 39.3 cm³/mol. The third-order valence-corrected chi connectivity index (χ3v) is 2.84. The van der Waals surface area contributed by atoms with Crippen molar-refractivity contribution in [2.24, 2.45) is 0 Å². The molecule has 0 amide bonds. The highest BCUT2D eigenvalue weighted by Crippen LogP contribution is 2.41. The molecule has 0 aromatic heterocycles. The third kappa shape index (κ3) is 0.949. The Bertz CT molecular complexity index is 215. The number of ether oxygens (including phenoxy) is 1. The summed E-state index contributed by atoms with van der Waals surface area (Å²) in [5.74, 6) is -0.261. The zero-order valence-electron chi connectivity index (χ0n) is 6.69. The van der Waals surface area contributed by atoms with Gasteiger partial charge in [-0.05, 0) is 12.8 Å². The van der Waals surface area contributed by atoms with Gasteiger partial charge >= 0.3 is 5.97 Å². The van der Waals surface area contributed by atoms with Crippen molar-refractivity contribution >= 4 is 5.97 Å². The lowest BCUT2D eigenvalue weighted by molar-refractivity contribution is -0.158. The van der Waals surface area contributed by atoms with E-state index in [9.17, 15) is 15.0 Å². The summed E-state index contributed by atoms with van der Waals surface area (Å²) in [6.45, 7) is 0. The molecule has 2 fully saturated rings. The standard InChI is InChI=1S/C8H12O4/c9-5-1-3-8(7(5)11)4-2-6(10)12-8/h5,7,9,11H,1-4H2/t5-,7-,8+/m0/s1. The molecular formula is C8H12O4. The Morgan fingerprint density at radius 3 is 2.58 bits per heavy atom. The van der Waals surface area contributed by atoms with Crippen LogP contribution in [0.1, 0.15) is 25.7 Å². The van der Waals surface area contributed by atoms with Gasteiger partial charge in [0.15, 0.2) is 0 Å². The second kappa shape index (κ2) is 2.44. The first kappa shape index (κ1) is 8.01. The smallest absolute Gasteiger partial charge is 0.306 e. The summed E-state index contributed by atoms with van der Waals surface area (Å²) >= 11 is 0. The van der Waals surface area contributed by atoms with Gasteiger partial charge in [0.05, 0.1) is 6.10 Å². The molecule has 0 bridgehead atoms. The zero-order valence-corrected chi connectivity index (χ0v) is 6.69. The van der Waals surface area contributed by atoms with Gasteiger partial charge in [0.1, 0.15) is 11.7 Å². The summed E-state index contributed by atoms with van der Waals surface area (Å²) in [5.41, 5.74) is -0.753. The van der Waals surface area contributed by atoms with Gasteiger partial charge in [-0.15, -0.1) is 0 Å². The minimum Gasteiger partial charge on any atom is -0.456 e. The Hall–Kier alpha value is -0.610. The topological polar surface area (TPSA) is 66.8 Å². The second-order valence-corrected chi connectivity index (χ2v) is 3.59. The Labute approximate surface area is 70.1 Å². The quantitative estimate of drug-likeness (QED) is 0.487. The number of aliphatic hydroxyl groups excluding tert-OH is 2. The molecule has 4 nitrogen and oxygen atoms in total. The highest BCUT2D eigenvalue weighted by Gasteiger charge is 2.53. The van der Waals surface area contributed by atoms with Gasteiger partial charge in [0.25, 0.3) is 0 Å². The summed E-state index contributed by atoms with van der Waals surface area (Å²) in [6, 6.07) is 0. The van der Waals surface area contributed by atoms with E-state index in [4.69, 9.17) is 4.74 Å². The van der Waals surface area contributed by atoms with E-state index >= 15 is 0 Å². The van der Waals surface area contributed by atoms with Crippen LogP contribution in [0.3, 0.4) is 0 Å². The van der Waals surface area contributed by atoms with Crippen LogP contribution >= 0.6 is 0 Å². The minimum absolute atomic E-state index is 0.261. The van der Waals surface area contributed by atoms with Gasteiger partial charge in [0.2, 0.25) is 0 Å². The maximum absolute atomic E-state index is 10.8. The van der Waals surface area contributed by atoms with Crippen molar-refractivity contribution in [2.75, 3.05) is 0 Å². The lowest BCUT2D eigenvalue weighted by Gasteiger charge is -2.26. The fourth-order valence-corrected chi connectivity index (χ4v) is 2.08. The van der Waals surface area contributed by atoms with E-state index in [-0.39, 0.29) is 5.97 Å². The van der Waals surface area contributed by atoms with Crippen LogP contribution in [0.25, 0.3) is 0 Å². The normalized spacial score (nSPS) is 47.0. The number of rotatable bonds is 0. The van der Waals surface area contributed by atoms with Crippen LogP contribution < -0.4 is 0 Å². The van der Waals surface area contributed by atoms with Crippen LogP contribution in [-0.2, 0) is 9.53 Å². The number of hydrogen-bond donors (Lipinski definition) is 2. The number of hydrogen-bond acceptors (Lipinski definition) is 4. The second-order valence-electron chi connectivity index (χ2n) is 3.59. The van der Waals surface area contributed by atoms with Gasteiger partial charge in [0, 0.05) is 12.8 Å². The molecule has 12 heavy (non-hydrogen) atoms. The van der Waals surface area contributed by atoms with Crippen LogP contribution in [0, 0.1) is 0 Å². The Balaban J connectivity index is 2.17. The van der Waals surface area contributed by atoms with Crippen LogP contribution in [0.5, 0.6) is 0 Å². The summed E-state index contributed by atoms with van der Waals surface area (Å²) < 4.78 is 5.04. The number of aliphatic hydroxyl groups is 2. The van der Waals surface area contributed by atoms with E-state index in [1.54, 1.807) is 0 Å². The first-order valence-electron chi connectivity index (χ1n) is 4.22. The molecule has 0 radical (unpaired) electrons. The molecule has 0 aromatic carbocycles. The molecule has 4 heteroatoms. The lowest BCUT2D eigenvalue weighted by atomic mass is 9.96. The monoisotopic (exact) mass is 172 g/mol. The van der Waals surface area contributed by atoms with E-state index in [1.165, 1.54) is 0 Å². The van der Waals surface area contributed by atoms with E-state index in [1.807, 2.05) is 0 Å². The van der Waals surface area contributed by atoms with Gasteiger partial charge in [-0.3, -0.25) is 4.79 Å². The Morgan fingerprint density at radius 1 is 1.42 bits per heavy atom. The van der Waals surface area contributed by atoms with E-state index in [0.29, 0.717) is 25.7 Å². The maximum atomic E-state index is 10.8. The van der Waals surface area contributed by atoms with Crippen LogP contribution in [-0.4, -0.2) is 34.0 Å². The fourth-order valence-electron chi connectivity index (χ4n) is 2.08. The van der Waals surface area contributed by atoms with Gasteiger partial charge in [-0.25, -0.2) is 0 Å². The Kier molecular flexibility index (Phi) is 1.63. The molecule has 0 aromatic rings. The molecular weight excluding hydrogens is 160 g/mol. The largest absolute Gasteiger partial charge is 0.456 e. The first-order chi connectivity index (χ1) is 5.64. The molecule has 1 saturated heterocycles. The Morgan fingerprint density at radius 2 is 2.17 bits per heavy atom. The molecule has 0 unspecified atom stereocenters. The first-order valence-corrected chi connectivity index (χ1v) is 4.22. The van der Waals surface area contributed by atoms with Crippen LogP contribution in [0.4, 0.5) is 0 Å². The predicted octanol–water partition coefficient (Wildman–Crippen LogP) is -0.422. The molecule has 1 spiro atoms. The zero-order chi connectivity index (χ0) is 8.77. The molecule has 1 aliphatic carbocycles. The fraction of sp³-hybridized carbons (Fsp3) is 0.875. The molecule has 2 N–H and O–H groups in total. The highest BCUT2D eigenvalue weighted by atomic mass is 16.6. The van der Waals surface area contributed by atoms with E-state index in [0.717, 1.165) is 0 Å². The molecule has 1 heterocycles. The van der Waals surface area contributed by atoms with Crippen molar-refractivity contribution in [1.29, 1.82) is 0 Å². The van der Waals surface area contributed by atoms with Crippen molar-refractivity contribution in [3.05, 3.63) is 0 Å². The summed E-state index contributed by atoms with van der Waals surface area (Å²) in [7, 11) is 0. The van der Waals surface area contributed by atoms with Gasteiger partial charge < -0.3 is 14.9 Å². The van der Waals surface area contributed by atoms with E-state index < -0.39 is 17.8 Å². The molecule has 68 valence electrons. The average Bonchev–Trinajstić information content (AvgIpc) is 2.53. The van der Waals surface area contributed by atoms with Crippen LogP contribution in [0.15, 0.2) is 0 Å². The summed E-state index contributed by atoms with van der Waals surface area (Å²) in [5, 5.41) is 18.8. The SMILES string of the molecule is O=C1CC[C@@]2(CC[C@H](O)[C@@H]2O)O1. The van der Waals surface area contributed by atoms with Gasteiger partial charge in [-0.2, -0.15) is 0 Å². The van der Waals surface area contributed by atoms with Crippen molar-refractivity contribution in [3.63, 3.8) is 0 Å². The number of carbonyl (C=O) groups is 1. The van der Waals surface area contributed by atoms with Crippen molar-refractivity contribution in [3.8, 4) is 0 Å². The molecule has 2 aliphatic rings. The van der Waals surface area contributed by atoms with E-state index in [2.05, 4.69) is 0 Å². The van der Waals surface area contributed by atoms with Crippen molar-refractivity contribution in [2.45, 2.75) is 43.5 Å². The molecule has 1 saturated carbocycles. The highest BCUT2D eigenvalue weighted by molar-refractivity contribution is 5.72. The van der Waals surface area contributed by atoms with Crippen LogP contribution in [0.2, 0.25) is 0 Å². The summed E-state index contributed by atoms with van der Waals surface area (Å²) in [6.07, 6.45) is 0.406. The molecule has 1 aliphatic heterocycles. The van der Waals surface area contributed by atoms with Gasteiger partial charge in [-0.1, -0.05) is 0 Å². The minimum atomic E-state index is -0.885. The molecule has 3 atom stereocenters. The lowest BCUT2D eigenvalue weighted by Crippen LogP contribution is -2.41. The number of carbonyl (C=O) groups excluding carboxylic acids is 1. The third-order valence-electron chi connectivity index (χ3n) is 2.84. The number of esters is 1. The van der Waals surface area contributed by atoms with Crippen molar-refractivity contribution in [1.82, 2.24) is 0 Å². The molecule has 2 rings (SSSR count). The average molecular weight is 172 g/mol.